The Morgan fingerprint density at radius 3 is 2.89 bits per heavy atom. The Morgan fingerprint density at radius 1 is 1.78 bits per heavy atom. The van der Waals surface area contributed by atoms with Crippen LogP contribution in [0.5, 0.6) is 0 Å². The molecule has 4 nitrogen and oxygen atoms in total. The first kappa shape index (κ1) is 8.45. The minimum absolute atomic E-state index is 0.245. The molecule has 0 atom stereocenters. The summed E-state index contributed by atoms with van der Waals surface area (Å²) < 4.78 is 0. The second kappa shape index (κ2) is 5.58. The third-order valence-electron chi connectivity index (χ3n) is 0.580. The lowest BCUT2D eigenvalue weighted by Crippen LogP contribution is -2.31. The average Bonchev–Trinajstić information content (AvgIpc) is 1.89. The van der Waals surface area contributed by atoms with Gasteiger partial charge in [0, 0.05) is 5.75 Å². The number of hydrogen-bond donors (Lipinski definition) is 2. The van der Waals surface area contributed by atoms with Gasteiger partial charge in [-0.25, -0.2) is 5.84 Å². The molecule has 0 radical (unpaired) electrons. The van der Waals surface area contributed by atoms with Crippen molar-refractivity contribution in [2.24, 2.45) is 5.84 Å². The predicted molar refractivity (Wildman–Crippen MR) is 35.7 cm³/mol. The first-order chi connectivity index (χ1) is 4.31. The van der Waals surface area contributed by atoms with Crippen molar-refractivity contribution in [1.29, 1.82) is 0 Å². The van der Waals surface area contributed by atoms with E-state index in [1.165, 1.54) is 11.8 Å². The highest BCUT2D eigenvalue weighted by atomic mass is 32.2. The fourth-order valence-corrected chi connectivity index (χ4v) is 0.724. The van der Waals surface area contributed by atoms with Gasteiger partial charge in [-0.05, 0) is 0 Å². The number of thioether (sulfide) groups is 1. The molecule has 0 aromatic heterocycles. The molecule has 0 rings (SSSR count). The number of hydrazine groups is 1. The number of carbonyl (C=O) groups is 2. The van der Waals surface area contributed by atoms with Gasteiger partial charge in [0.1, 0.15) is 6.29 Å². The molecule has 0 aromatic rings. The highest BCUT2D eigenvalue weighted by molar-refractivity contribution is 8.00. The molecule has 0 saturated heterocycles. The van der Waals surface area contributed by atoms with Crippen LogP contribution >= 0.6 is 11.8 Å². The first-order valence-corrected chi connectivity index (χ1v) is 3.47. The summed E-state index contributed by atoms with van der Waals surface area (Å²) in [4.78, 5) is 20.0. The molecular weight excluding hydrogens is 140 g/mol. The second-order valence-corrected chi connectivity index (χ2v) is 2.28. The molecular formula is C4H8N2O2S. The molecule has 0 aliphatic heterocycles. The second-order valence-electron chi connectivity index (χ2n) is 1.25. The summed E-state index contributed by atoms with van der Waals surface area (Å²) in [5, 5.41) is 0. The Morgan fingerprint density at radius 2 is 2.44 bits per heavy atom. The van der Waals surface area contributed by atoms with Gasteiger partial charge in [0.25, 0.3) is 0 Å². The van der Waals surface area contributed by atoms with E-state index >= 15 is 0 Å². The zero-order chi connectivity index (χ0) is 7.11. The number of rotatable bonds is 4. The van der Waals surface area contributed by atoms with Crippen LogP contribution in [0.25, 0.3) is 0 Å². The van der Waals surface area contributed by atoms with Crippen molar-refractivity contribution in [3.05, 3.63) is 0 Å². The Labute approximate surface area is 57.1 Å². The van der Waals surface area contributed by atoms with Crippen LogP contribution in [0.4, 0.5) is 0 Å². The van der Waals surface area contributed by atoms with Crippen LogP contribution in [-0.4, -0.2) is 23.7 Å². The fraction of sp³-hybridized carbons (Fsp3) is 0.500. The number of aldehydes is 1. The molecule has 52 valence electrons. The summed E-state index contributed by atoms with van der Waals surface area (Å²) in [6.45, 7) is 0. The maximum absolute atomic E-state index is 10.3. The zero-order valence-corrected chi connectivity index (χ0v) is 5.61. The van der Waals surface area contributed by atoms with Gasteiger partial charge in [0.15, 0.2) is 0 Å². The average molecular weight is 148 g/mol. The Bertz CT molecular complexity index is 107. The minimum Gasteiger partial charge on any atom is -0.302 e. The molecule has 0 unspecified atom stereocenters. The van der Waals surface area contributed by atoms with Crippen LogP contribution in [0, 0.1) is 0 Å². The summed E-state index contributed by atoms with van der Waals surface area (Å²) in [7, 11) is 0. The normalized spacial score (nSPS) is 8.56. The summed E-state index contributed by atoms with van der Waals surface area (Å²) in [5.74, 6) is 5.08. The van der Waals surface area contributed by atoms with Crippen LogP contribution in [0.2, 0.25) is 0 Å². The summed E-state index contributed by atoms with van der Waals surface area (Å²) in [6, 6.07) is 0. The van der Waals surface area contributed by atoms with Crippen LogP contribution in [0.3, 0.4) is 0 Å². The number of nitrogens with one attached hydrogen (secondary N) is 1. The van der Waals surface area contributed by atoms with Gasteiger partial charge in [-0.2, -0.15) is 0 Å². The van der Waals surface area contributed by atoms with E-state index in [4.69, 9.17) is 5.84 Å². The number of nitrogens with two attached hydrogens (primary N) is 1. The molecule has 0 aliphatic rings. The topological polar surface area (TPSA) is 72.2 Å². The van der Waals surface area contributed by atoms with Crippen molar-refractivity contribution >= 4 is 24.0 Å². The predicted octanol–water partition coefficient (Wildman–Crippen LogP) is -1.09. The largest absolute Gasteiger partial charge is 0.302 e. The van der Waals surface area contributed by atoms with Crippen molar-refractivity contribution in [3.63, 3.8) is 0 Å². The molecule has 0 saturated carbocycles. The monoisotopic (exact) mass is 148 g/mol. The first-order valence-electron chi connectivity index (χ1n) is 2.32. The lowest BCUT2D eigenvalue weighted by molar-refractivity contribution is -0.118. The standard InChI is InChI=1S/C4H8N2O2S/c5-6-4(8)3-9-2-1-7/h1H,2-3,5H2,(H,6,8). The molecule has 9 heavy (non-hydrogen) atoms. The van der Waals surface area contributed by atoms with Gasteiger partial charge >= 0.3 is 0 Å². The van der Waals surface area contributed by atoms with Gasteiger partial charge in [-0.1, -0.05) is 0 Å². The number of amides is 1. The van der Waals surface area contributed by atoms with E-state index in [9.17, 15) is 9.59 Å². The fourth-order valence-electron chi connectivity index (χ4n) is 0.241. The highest BCUT2D eigenvalue weighted by Crippen LogP contribution is 1.94. The van der Waals surface area contributed by atoms with Crippen LogP contribution in [0.1, 0.15) is 0 Å². The lowest BCUT2D eigenvalue weighted by atomic mass is 10.7. The van der Waals surface area contributed by atoms with Crippen LogP contribution in [0.15, 0.2) is 0 Å². The van der Waals surface area contributed by atoms with E-state index in [-0.39, 0.29) is 11.7 Å². The number of carbonyl (C=O) groups excluding carboxylic acids is 2. The minimum atomic E-state index is -0.262. The van der Waals surface area contributed by atoms with Crippen LogP contribution in [-0.2, 0) is 9.59 Å². The Hall–Kier alpha value is -0.550. The summed E-state index contributed by atoms with van der Waals surface area (Å²) >= 11 is 1.23. The zero-order valence-electron chi connectivity index (χ0n) is 4.79. The van der Waals surface area contributed by atoms with Crippen molar-refractivity contribution in [3.8, 4) is 0 Å². The Balaban J connectivity index is 3.06. The van der Waals surface area contributed by atoms with Crippen molar-refractivity contribution in [2.75, 3.05) is 11.5 Å². The van der Waals surface area contributed by atoms with E-state index in [1.54, 1.807) is 0 Å². The van der Waals surface area contributed by atoms with E-state index < -0.39 is 0 Å². The van der Waals surface area contributed by atoms with Gasteiger partial charge < -0.3 is 4.79 Å². The van der Waals surface area contributed by atoms with Crippen molar-refractivity contribution in [2.45, 2.75) is 0 Å². The molecule has 3 N–H and O–H groups in total. The molecule has 0 spiro atoms. The molecule has 0 fully saturated rings. The molecule has 0 heterocycles. The third kappa shape index (κ3) is 5.32. The maximum atomic E-state index is 10.3. The van der Waals surface area contributed by atoms with Crippen molar-refractivity contribution < 1.29 is 9.59 Å². The van der Waals surface area contributed by atoms with Gasteiger partial charge in [0.2, 0.25) is 5.91 Å². The molecule has 0 aliphatic carbocycles. The van der Waals surface area contributed by atoms with E-state index in [0.29, 0.717) is 5.75 Å². The maximum Gasteiger partial charge on any atom is 0.243 e. The lowest BCUT2D eigenvalue weighted by Gasteiger charge is -1.93. The molecule has 5 heteroatoms. The molecule has 1 amide bonds. The van der Waals surface area contributed by atoms with E-state index in [0.717, 1.165) is 6.29 Å². The van der Waals surface area contributed by atoms with Gasteiger partial charge in [-0.15, -0.1) is 11.8 Å². The summed E-state index contributed by atoms with van der Waals surface area (Å²) in [5.41, 5.74) is 1.95. The molecule has 0 bridgehead atoms. The Kier molecular flexibility index (Phi) is 5.24. The van der Waals surface area contributed by atoms with Gasteiger partial charge in [0.05, 0.1) is 5.75 Å². The quantitative estimate of drug-likeness (QED) is 0.175. The van der Waals surface area contributed by atoms with Gasteiger partial charge in [-0.3, -0.25) is 10.2 Å². The van der Waals surface area contributed by atoms with Crippen LogP contribution < -0.4 is 11.3 Å². The highest BCUT2D eigenvalue weighted by Gasteiger charge is 1.95. The SMILES string of the molecule is NNC(=O)CSCC=O. The van der Waals surface area contributed by atoms with Crippen molar-refractivity contribution in [1.82, 2.24) is 5.43 Å². The van der Waals surface area contributed by atoms with E-state index in [2.05, 4.69) is 0 Å². The number of hydrogen-bond acceptors (Lipinski definition) is 4. The summed E-state index contributed by atoms with van der Waals surface area (Å²) in [6.07, 6.45) is 0.745. The smallest absolute Gasteiger partial charge is 0.243 e. The molecule has 0 aromatic carbocycles. The third-order valence-corrected chi connectivity index (χ3v) is 1.42. The van der Waals surface area contributed by atoms with E-state index in [1.807, 2.05) is 5.43 Å².